The minimum Gasteiger partial charge on any atom is -0.496 e. The molecule has 1 N–H and O–H groups in total. The molecule has 11 heteroatoms. The van der Waals surface area contributed by atoms with Crippen LogP contribution in [-0.2, 0) is 16.2 Å². The van der Waals surface area contributed by atoms with E-state index in [9.17, 15) is 18.8 Å². The first-order valence-corrected chi connectivity index (χ1v) is 12.1. The molecule has 0 aliphatic heterocycles. The minimum absolute atomic E-state index is 0.0785. The molecule has 0 aliphatic rings. The molecule has 0 bridgehead atoms. The minimum atomic E-state index is -0.734. The molecule has 0 radical (unpaired) electrons. The summed E-state index contributed by atoms with van der Waals surface area (Å²) in [4.78, 5) is 44.4. The molecule has 0 spiro atoms. The summed E-state index contributed by atoms with van der Waals surface area (Å²) in [5.74, 6) is -0.692. The van der Waals surface area contributed by atoms with Crippen LogP contribution in [0.25, 0.3) is 0 Å². The van der Waals surface area contributed by atoms with E-state index in [0.717, 1.165) is 9.24 Å². The van der Waals surface area contributed by atoms with Crippen LogP contribution >= 0.6 is 0 Å². The third-order valence-electron chi connectivity index (χ3n) is 5.49. The number of ether oxygens (including phenoxy) is 1. The van der Waals surface area contributed by atoms with E-state index in [1.165, 1.54) is 37.7 Å². The Morgan fingerprint density at radius 1 is 1.16 bits per heavy atom. The molecule has 2 rings (SSSR count). The van der Waals surface area contributed by atoms with Gasteiger partial charge in [0.1, 0.15) is 17.7 Å². The maximum absolute atomic E-state index is 13.8. The fraction of sp³-hybridized carbons (Fsp3) is 0.500. The summed E-state index contributed by atoms with van der Waals surface area (Å²) in [5.41, 5.74) is -0.708. The van der Waals surface area contributed by atoms with E-state index in [1.54, 1.807) is 34.6 Å². The second kappa shape index (κ2) is 13.0. The summed E-state index contributed by atoms with van der Waals surface area (Å²) in [6.45, 7) is 12.4. The normalized spacial score (nSPS) is 13.0. The first-order chi connectivity index (χ1) is 17.3. The van der Waals surface area contributed by atoms with Gasteiger partial charge in [-0.25, -0.2) is 9.18 Å². The van der Waals surface area contributed by atoms with E-state index in [0.29, 0.717) is 11.3 Å². The number of methoxy groups -OCH3 is 1. The van der Waals surface area contributed by atoms with Crippen LogP contribution in [0.3, 0.4) is 0 Å². The van der Waals surface area contributed by atoms with E-state index in [-0.39, 0.29) is 41.7 Å². The molecule has 202 valence electrons. The molecule has 0 saturated carbocycles. The van der Waals surface area contributed by atoms with Gasteiger partial charge in [-0.3, -0.25) is 14.2 Å². The zero-order valence-corrected chi connectivity index (χ0v) is 22.6. The van der Waals surface area contributed by atoms with E-state index in [2.05, 4.69) is 15.6 Å². The van der Waals surface area contributed by atoms with Gasteiger partial charge in [0.15, 0.2) is 0 Å². The molecule has 0 fully saturated rings. The number of oxime groups is 1. The van der Waals surface area contributed by atoms with Crippen molar-refractivity contribution >= 4 is 17.8 Å². The number of amides is 1. The lowest BCUT2D eigenvalue weighted by atomic mass is 10.0. The molecule has 37 heavy (non-hydrogen) atoms. The van der Waals surface area contributed by atoms with E-state index in [1.807, 2.05) is 13.8 Å². The molecule has 2 aromatic rings. The predicted molar refractivity (Wildman–Crippen MR) is 141 cm³/mol. The Morgan fingerprint density at radius 3 is 2.41 bits per heavy atom. The largest absolute Gasteiger partial charge is 0.496 e. The van der Waals surface area contributed by atoms with Gasteiger partial charge in [0.2, 0.25) is 5.91 Å². The molecule has 10 nitrogen and oxygen atoms in total. The van der Waals surface area contributed by atoms with Crippen LogP contribution < -0.4 is 21.3 Å². The summed E-state index contributed by atoms with van der Waals surface area (Å²) in [6, 6.07) is 3.40. The van der Waals surface area contributed by atoms with Crippen LogP contribution in [0, 0.1) is 17.7 Å². The number of rotatable bonds is 11. The van der Waals surface area contributed by atoms with E-state index >= 15 is 0 Å². The van der Waals surface area contributed by atoms with Gasteiger partial charge in [-0.15, -0.1) is 0 Å². The van der Waals surface area contributed by atoms with Crippen LogP contribution in [0.1, 0.15) is 59.6 Å². The zero-order valence-electron chi connectivity index (χ0n) is 22.6. The van der Waals surface area contributed by atoms with Crippen LogP contribution in [0.5, 0.6) is 5.75 Å². The molecule has 0 saturated heterocycles. The number of carbonyl (C=O) groups is 1. The van der Waals surface area contributed by atoms with E-state index in [4.69, 9.17) is 9.57 Å². The van der Waals surface area contributed by atoms with Crippen molar-refractivity contribution in [3.63, 3.8) is 0 Å². The molecule has 1 aromatic carbocycles. The molecule has 0 aliphatic carbocycles. The SMILES string of the molecule is COc1ccc(F)cc1/C=N/n1cc(/C(C)=N/OC(C)C)c(=O)n(CC(NC(=O)C(C)C)C(C)C)c1=O. The van der Waals surface area contributed by atoms with Crippen molar-refractivity contribution in [2.24, 2.45) is 22.1 Å². The first-order valence-electron chi connectivity index (χ1n) is 12.1. The third-order valence-corrected chi connectivity index (χ3v) is 5.49. The van der Waals surface area contributed by atoms with Crippen LogP contribution in [0.15, 0.2) is 44.2 Å². The lowest BCUT2D eigenvalue weighted by Crippen LogP contribution is -2.49. The predicted octanol–water partition coefficient (Wildman–Crippen LogP) is 2.99. The van der Waals surface area contributed by atoms with Crippen molar-refractivity contribution in [2.75, 3.05) is 7.11 Å². The smallest absolute Gasteiger partial charge is 0.351 e. The number of nitrogens with zero attached hydrogens (tertiary/aromatic N) is 4. The standard InChI is InChI=1S/C26H36FN5O5/c1-15(2)22(29-24(33)16(3)4)14-31-25(34)21(18(7)30-37-17(5)6)13-32(26(31)35)28-12-19-11-20(27)9-10-23(19)36-8/h9-13,15-17,22H,14H2,1-8H3,(H,29,33)/b28-12+,30-18+. The number of aromatic nitrogens is 2. The quantitative estimate of drug-likeness (QED) is 0.363. The van der Waals surface area contributed by atoms with Gasteiger partial charge in [0.05, 0.1) is 31.1 Å². The highest BCUT2D eigenvalue weighted by molar-refractivity contribution is 5.97. The molecular formula is C26H36FN5O5. The average Bonchev–Trinajstić information content (AvgIpc) is 2.83. The summed E-state index contributed by atoms with van der Waals surface area (Å²) in [6.07, 6.45) is 2.29. The molecular weight excluding hydrogens is 481 g/mol. The Balaban J connectivity index is 2.68. The lowest BCUT2D eigenvalue weighted by molar-refractivity contribution is -0.125. The van der Waals surface area contributed by atoms with Gasteiger partial charge in [0, 0.05) is 23.7 Å². The van der Waals surface area contributed by atoms with E-state index < -0.39 is 23.1 Å². The Labute approximate surface area is 215 Å². The van der Waals surface area contributed by atoms with Gasteiger partial charge >= 0.3 is 5.69 Å². The maximum Gasteiger partial charge on any atom is 0.351 e. The second-order valence-electron chi connectivity index (χ2n) is 9.56. The Hall–Kier alpha value is -3.76. The zero-order chi connectivity index (χ0) is 27.9. The van der Waals surface area contributed by atoms with Crippen molar-refractivity contribution in [3.05, 3.63) is 62.2 Å². The van der Waals surface area contributed by atoms with Crippen LogP contribution in [0.2, 0.25) is 0 Å². The summed E-state index contributed by atoms with van der Waals surface area (Å²) in [5, 5.41) is 11.1. The average molecular weight is 518 g/mol. The molecule has 1 amide bonds. The van der Waals surface area contributed by atoms with Gasteiger partial charge in [-0.05, 0) is 44.9 Å². The number of hydrogen-bond acceptors (Lipinski definition) is 7. The van der Waals surface area contributed by atoms with Crippen molar-refractivity contribution < 1.29 is 18.8 Å². The fourth-order valence-corrected chi connectivity index (χ4v) is 3.21. The Morgan fingerprint density at radius 2 is 1.84 bits per heavy atom. The molecule has 1 atom stereocenters. The monoisotopic (exact) mass is 517 g/mol. The van der Waals surface area contributed by atoms with Gasteiger partial charge in [0.25, 0.3) is 5.56 Å². The number of carbonyl (C=O) groups excluding carboxylic acids is 1. The lowest BCUT2D eigenvalue weighted by Gasteiger charge is -2.24. The highest BCUT2D eigenvalue weighted by Crippen LogP contribution is 2.17. The fourth-order valence-electron chi connectivity index (χ4n) is 3.21. The van der Waals surface area contributed by atoms with Crippen LogP contribution in [-0.4, -0.2) is 46.3 Å². The topological polar surface area (TPSA) is 116 Å². The van der Waals surface area contributed by atoms with Crippen molar-refractivity contribution in [3.8, 4) is 5.75 Å². The second-order valence-corrected chi connectivity index (χ2v) is 9.56. The number of halogens is 1. The molecule has 1 unspecified atom stereocenters. The Bertz CT molecular complexity index is 1280. The number of nitrogens with one attached hydrogen (secondary N) is 1. The highest BCUT2D eigenvalue weighted by atomic mass is 19.1. The molecule has 1 aromatic heterocycles. The summed E-state index contributed by atoms with van der Waals surface area (Å²) >= 11 is 0. The molecule has 1 heterocycles. The van der Waals surface area contributed by atoms with Gasteiger partial charge in [-0.1, -0.05) is 32.9 Å². The van der Waals surface area contributed by atoms with Crippen molar-refractivity contribution in [1.82, 2.24) is 14.6 Å². The van der Waals surface area contributed by atoms with Gasteiger partial charge < -0.3 is 14.9 Å². The summed E-state index contributed by atoms with van der Waals surface area (Å²) in [7, 11) is 1.43. The number of benzene rings is 1. The highest BCUT2D eigenvalue weighted by Gasteiger charge is 2.22. The summed E-state index contributed by atoms with van der Waals surface area (Å²) < 4.78 is 21.0. The Kier molecular flexibility index (Phi) is 10.3. The van der Waals surface area contributed by atoms with Crippen molar-refractivity contribution in [2.45, 2.75) is 67.2 Å². The van der Waals surface area contributed by atoms with Crippen LogP contribution in [0.4, 0.5) is 4.39 Å². The maximum atomic E-state index is 13.8. The first kappa shape index (κ1) is 29.5. The van der Waals surface area contributed by atoms with Crippen molar-refractivity contribution in [1.29, 1.82) is 0 Å². The number of hydrogen-bond donors (Lipinski definition) is 1. The van der Waals surface area contributed by atoms with Gasteiger partial charge in [-0.2, -0.15) is 9.78 Å². The third kappa shape index (κ3) is 7.86.